The number of primary amides is 1. The molecule has 0 spiro atoms. The van der Waals surface area contributed by atoms with Crippen LogP contribution >= 0.6 is 0 Å². The molecular formula is C15H19F3N2O2. The first-order valence-corrected chi connectivity index (χ1v) is 7.14. The standard InChI is InChI=1S/C15H19F3N2O2/c16-15(17,18)13(21)11-6-8-20(9-7-11)12(14(19)22)10-4-2-1-3-5-10/h1-5,11-13,21H,6-9H2,(H2,19,22). The van der Waals surface area contributed by atoms with Gasteiger partial charge in [0, 0.05) is 0 Å². The maximum absolute atomic E-state index is 12.5. The minimum absolute atomic E-state index is 0.178. The van der Waals surface area contributed by atoms with E-state index in [2.05, 4.69) is 0 Å². The Morgan fingerprint density at radius 3 is 2.23 bits per heavy atom. The summed E-state index contributed by atoms with van der Waals surface area (Å²) in [5.41, 5.74) is 6.18. The summed E-state index contributed by atoms with van der Waals surface area (Å²) in [7, 11) is 0. The Kier molecular flexibility index (Phi) is 5.08. The molecule has 1 aromatic carbocycles. The number of carbonyl (C=O) groups is 1. The number of benzene rings is 1. The van der Waals surface area contributed by atoms with E-state index >= 15 is 0 Å². The van der Waals surface area contributed by atoms with Gasteiger partial charge in [0.15, 0.2) is 6.10 Å². The molecule has 0 bridgehead atoms. The summed E-state index contributed by atoms with van der Waals surface area (Å²) in [5, 5.41) is 9.33. The third-order valence-corrected chi connectivity index (χ3v) is 4.11. The van der Waals surface area contributed by atoms with E-state index in [1.54, 1.807) is 29.2 Å². The Labute approximate surface area is 126 Å². The normalized spacial score (nSPS) is 20.5. The van der Waals surface area contributed by atoms with Crippen LogP contribution in [0.25, 0.3) is 0 Å². The van der Waals surface area contributed by atoms with Crippen molar-refractivity contribution < 1.29 is 23.1 Å². The molecule has 1 aromatic rings. The maximum Gasteiger partial charge on any atom is 0.414 e. The number of aliphatic hydroxyl groups is 1. The highest BCUT2D eigenvalue weighted by Gasteiger charge is 2.44. The van der Waals surface area contributed by atoms with Crippen molar-refractivity contribution in [2.24, 2.45) is 11.7 Å². The highest BCUT2D eigenvalue weighted by Crippen LogP contribution is 2.34. The van der Waals surface area contributed by atoms with Crippen molar-refractivity contribution in [1.82, 2.24) is 4.90 Å². The van der Waals surface area contributed by atoms with Gasteiger partial charge in [-0.25, -0.2) is 0 Å². The fourth-order valence-corrected chi connectivity index (χ4v) is 2.95. The molecule has 1 aliphatic heterocycles. The summed E-state index contributed by atoms with van der Waals surface area (Å²) in [6.07, 6.45) is -6.55. The van der Waals surface area contributed by atoms with Crippen LogP contribution in [0, 0.1) is 5.92 Å². The zero-order chi connectivity index (χ0) is 16.3. The third-order valence-electron chi connectivity index (χ3n) is 4.11. The number of hydrogen-bond donors (Lipinski definition) is 2. The number of alkyl halides is 3. The average Bonchev–Trinajstić information content (AvgIpc) is 2.47. The van der Waals surface area contributed by atoms with Crippen LogP contribution in [0.15, 0.2) is 30.3 Å². The molecule has 4 nitrogen and oxygen atoms in total. The number of rotatable bonds is 4. The monoisotopic (exact) mass is 316 g/mol. The van der Waals surface area contributed by atoms with Gasteiger partial charge in [-0.1, -0.05) is 30.3 Å². The molecular weight excluding hydrogens is 297 g/mol. The molecule has 1 aliphatic rings. The maximum atomic E-state index is 12.5. The highest BCUT2D eigenvalue weighted by molar-refractivity contribution is 5.81. The number of aliphatic hydroxyl groups excluding tert-OH is 1. The number of carbonyl (C=O) groups excluding carboxylic acids is 1. The van der Waals surface area contributed by atoms with Crippen molar-refractivity contribution in [3.63, 3.8) is 0 Å². The van der Waals surface area contributed by atoms with E-state index in [0.717, 1.165) is 5.56 Å². The minimum Gasteiger partial charge on any atom is -0.383 e. The summed E-state index contributed by atoms with van der Waals surface area (Å²) < 4.78 is 37.6. The molecule has 0 aliphatic carbocycles. The van der Waals surface area contributed by atoms with Crippen molar-refractivity contribution >= 4 is 5.91 Å². The van der Waals surface area contributed by atoms with Crippen molar-refractivity contribution in [3.8, 4) is 0 Å². The summed E-state index contributed by atoms with van der Waals surface area (Å²) in [4.78, 5) is 13.5. The van der Waals surface area contributed by atoms with Gasteiger partial charge in [0.25, 0.3) is 0 Å². The first-order chi connectivity index (χ1) is 10.3. The molecule has 0 saturated carbocycles. The minimum atomic E-state index is -4.60. The Balaban J connectivity index is 2.05. The van der Waals surface area contributed by atoms with E-state index in [0.29, 0.717) is 13.1 Å². The van der Waals surface area contributed by atoms with Gasteiger partial charge >= 0.3 is 6.18 Å². The fourth-order valence-electron chi connectivity index (χ4n) is 2.95. The molecule has 1 amide bonds. The molecule has 3 N–H and O–H groups in total. The Bertz CT molecular complexity index is 499. The molecule has 2 rings (SSSR count). The number of amides is 1. The number of nitrogens with two attached hydrogens (primary N) is 1. The van der Waals surface area contributed by atoms with Gasteiger partial charge in [-0.05, 0) is 37.4 Å². The topological polar surface area (TPSA) is 66.6 Å². The second kappa shape index (κ2) is 6.66. The molecule has 1 saturated heterocycles. The van der Waals surface area contributed by atoms with Gasteiger partial charge < -0.3 is 10.8 Å². The van der Waals surface area contributed by atoms with Crippen LogP contribution in [0.1, 0.15) is 24.4 Å². The van der Waals surface area contributed by atoms with Crippen LogP contribution < -0.4 is 5.73 Å². The zero-order valence-corrected chi connectivity index (χ0v) is 12.0. The van der Waals surface area contributed by atoms with Crippen LogP contribution in [0.4, 0.5) is 13.2 Å². The largest absolute Gasteiger partial charge is 0.414 e. The smallest absolute Gasteiger partial charge is 0.383 e. The van der Waals surface area contributed by atoms with E-state index < -0.39 is 30.1 Å². The first-order valence-electron chi connectivity index (χ1n) is 7.14. The van der Waals surface area contributed by atoms with E-state index in [4.69, 9.17) is 5.73 Å². The molecule has 0 aromatic heterocycles. The lowest BCUT2D eigenvalue weighted by molar-refractivity contribution is -0.223. The third kappa shape index (κ3) is 3.78. The lowest BCUT2D eigenvalue weighted by Crippen LogP contribution is -2.46. The molecule has 2 unspecified atom stereocenters. The predicted octanol–water partition coefficient (Wildman–Crippen LogP) is 1.85. The molecule has 122 valence electrons. The molecule has 2 atom stereocenters. The van der Waals surface area contributed by atoms with Crippen LogP contribution in [0.3, 0.4) is 0 Å². The number of piperidine rings is 1. The molecule has 22 heavy (non-hydrogen) atoms. The van der Waals surface area contributed by atoms with E-state index in [1.807, 2.05) is 6.07 Å². The van der Waals surface area contributed by atoms with Gasteiger partial charge in [0.2, 0.25) is 5.91 Å². The molecule has 1 fully saturated rings. The van der Waals surface area contributed by atoms with Crippen LogP contribution in [-0.4, -0.2) is 41.3 Å². The second-order valence-corrected chi connectivity index (χ2v) is 5.58. The predicted molar refractivity (Wildman–Crippen MR) is 74.7 cm³/mol. The summed E-state index contributed by atoms with van der Waals surface area (Å²) in [6, 6.07) is 8.27. The number of hydrogen-bond acceptors (Lipinski definition) is 3. The van der Waals surface area contributed by atoms with Crippen molar-refractivity contribution in [3.05, 3.63) is 35.9 Å². The zero-order valence-electron chi connectivity index (χ0n) is 12.0. The van der Waals surface area contributed by atoms with Crippen LogP contribution in [-0.2, 0) is 4.79 Å². The molecule has 0 radical (unpaired) electrons. The van der Waals surface area contributed by atoms with E-state index in [-0.39, 0.29) is 12.8 Å². The van der Waals surface area contributed by atoms with Gasteiger partial charge in [0.05, 0.1) is 0 Å². The summed E-state index contributed by atoms with van der Waals surface area (Å²) in [5.74, 6) is -1.36. The lowest BCUT2D eigenvalue weighted by Gasteiger charge is -2.38. The van der Waals surface area contributed by atoms with Gasteiger partial charge in [-0.15, -0.1) is 0 Å². The first kappa shape index (κ1) is 16.8. The average molecular weight is 316 g/mol. The van der Waals surface area contributed by atoms with Gasteiger partial charge in [0.1, 0.15) is 6.04 Å². The quantitative estimate of drug-likeness (QED) is 0.891. The Hall–Kier alpha value is -1.60. The second-order valence-electron chi connectivity index (χ2n) is 5.58. The van der Waals surface area contributed by atoms with Crippen LogP contribution in [0.2, 0.25) is 0 Å². The number of likely N-dealkylation sites (tertiary alicyclic amines) is 1. The lowest BCUT2D eigenvalue weighted by atomic mass is 9.89. The highest BCUT2D eigenvalue weighted by atomic mass is 19.4. The van der Waals surface area contributed by atoms with Gasteiger partial charge in [-0.2, -0.15) is 13.2 Å². The number of halogens is 3. The summed E-state index contributed by atoms with van der Waals surface area (Å²) in [6.45, 7) is 0.584. The van der Waals surface area contributed by atoms with Crippen molar-refractivity contribution in [2.45, 2.75) is 31.2 Å². The van der Waals surface area contributed by atoms with E-state index in [9.17, 15) is 23.1 Å². The van der Waals surface area contributed by atoms with Crippen molar-refractivity contribution in [2.75, 3.05) is 13.1 Å². The summed E-state index contributed by atoms with van der Waals surface area (Å²) >= 11 is 0. The number of nitrogens with zero attached hydrogens (tertiary/aromatic N) is 1. The SMILES string of the molecule is NC(=O)C(c1ccccc1)N1CCC(C(O)C(F)(F)F)CC1. The fraction of sp³-hybridized carbons (Fsp3) is 0.533. The Morgan fingerprint density at radius 2 is 1.77 bits per heavy atom. The van der Waals surface area contributed by atoms with E-state index in [1.165, 1.54) is 0 Å². The Morgan fingerprint density at radius 1 is 1.23 bits per heavy atom. The van der Waals surface area contributed by atoms with Gasteiger partial charge in [-0.3, -0.25) is 9.69 Å². The molecule has 1 heterocycles. The van der Waals surface area contributed by atoms with Crippen molar-refractivity contribution in [1.29, 1.82) is 0 Å². The molecule has 7 heteroatoms. The van der Waals surface area contributed by atoms with Crippen LogP contribution in [0.5, 0.6) is 0 Å².